The summed E-state index contributed by atoms with van der Waals surface area (Å²) in [6, 6.07) is 7.63. The summed E-state index contributed by atoms with van der Waals surface area (Å²) < 4.78 is 17.9. The van der Waals surface area contributed by atoms with Crippen LogP contribution in [0.3, 0.4) is 0 Å². The molecule has 1 heterocycles. The Hall–Kier alpha value is -1.55. The lowest BCUT2D eigenvalue weighted by Crippen LogP contribution is -1.99. The van der Waals surface area contributed by atoms with Gasteiger partial charge in [0.2, 0.25) is 0 Å². The van der Waals surface area contributed by atoms with Crippen LogP contribution in [0.2, 0.25) is 0 Å². The Bertz CT molecular complexity index is 546. The summed E-state index contributed by atoms with van der Waals surface area (Å²) in [7, 11) is 0. The second-order valence-corrected chi connectivity index (χ2v) is 5.36. The highest BCUT2D eigenvalue weighted by Gasteiger charge is 2.07. The predicted molar refractivity (Wildman–Crippen MR) is 74.1 cm³/mol. The van der Waals surface area contributed by atoms with Crippen LogP contribution in [0.5, 0.6) is 0 Å². The minimum atomic E-state index is -0.317. The molecule has 0 N–H and O–H groups in total. The normalized spacial score (nSPS) is 10.6. The second-order valence-electron chi connectivity index (χ2n) is 4.22. The Morgan fingerprint density at radius 2 is 2.00 bits per heavy atom. The van der Waals surface area contributed by atoms with Gasteiger partial charge in [0, 0.05) is 16.9 Å². The SMILES string of the molecule is Cc1occc1SCCCC(=O)c1ccc(F)cc1. The van der Waals surface area contributed by atoms with Crippen molar-refractivity contribution in [3.05, 3.63) is 53.7 Å². The summed E-state index contributed by atoms with van der Waals surface area (Å²) in [6.07, 6.45) is 2.95. The van der Waals surface area contributed by atoms with Gasteiger partial charge in [-0.25, -0.2) is 4.39 Å². The van der Waals surface area contributed by atoms with Crippen molar-refractivity contribution in [1.82, 2.24) is 0 Å². The van der Waals surface area contributed by atoms with Crippen LogP contribution in [0.4, 0.5) is 4.39 Å². The lowest BCUT2D eigenvalue weighted by Gasteiger charge is -2.01. The summed E-state index contributed by atoms with van der Waals surface area (Å²) in [5.41, 5.74) is 0.575. The largest absolute Gasteiger partial charge is 0.468 e. The van der Waals surface area contributed by atoms with E-state index < -0.39 is 0 Å². The number of carbonyl (C=O) groups excluding carboxylic acids is 1. The third-order valence-corrected chi connectivity index (χ3v) is 4.01. The van der Waals surface area contributed by atoms with E-state index in [1.54, 1.807) is 18.0 Å². The number of aryl methyl sites for hydroxylation is 1. The lowest BCUT2D eigenvalue weighted by molar-refractivity contribution is 0.0982. The molecule has 0 aliphatic heterocycles. The molecule has 0 atom stereocenters. The predicted octanol–water partition coefficient (Wildman–Crippen LogP) is 4.48. The highest BCUT2D eigenvalue weighted by molar-refractivity contribution is 7.99. The van der Waals surface area contributed by atoms with Gasteiger partial charge in [0.05, 0.1) is 6.26 Å². The molecule has 4 heteroatoms. The van der Waals surface area contributed by atoms with Gasteiger partial charge in [-0.3, -0.25) is 4.79 Å². The lowest BCUT2D eigenvalue weighted by atomic mass is 10.1. The summed E-state index contributed by atoms with van der Waals surface area (Å²) in [5.74, 6) is 1.52. The van der Waals surface area contributed by atoms with Crippen molar-refractivity contribution >= 4 is 17.5 Å². The molecule has 0 saturated carbocycles. The fraction of sp³-hybridized carbons (Fsp3) is 0.267. The number of hydrogen-bond donors (Lipinski definition) is 0. The Labute approximate surface area is 116 Å². The van der Waals surface area contributed by atoms with E-state index in [-0.39, 0.29) is 11.6 Å². The molecule has 19 heavy (non-hydrogen) atoms. The molecule has 0 amide bonds. The van der Waals surface area contributed by atoms with Gasteiger partial charge in [0.1, 0.15) is 11.6 Å². The van der Waals surface area contributed by atoms with Gasteiger partial charge in [0.15, 0.2) is 5.78 Å². The molecule has 1 aromatic heterocycles. The highest BCUT2D eigenvalue weighted by atomic mass is 32.2. The van der Waals surface area contributed by atoms with Gasteiger partial charge in [-0.05, 0) is 49.4 Å². The van der Waals surface area contributed by atoms with Crippen LogP contribution in [0, 0.1) is 12.7 Å². The molecular weight excluding hydrogens is 263 g/mol. The number of carbonyl (C=O) groups is 1. The molecular formula is C15H15FO2S. The van der Waals surface area contributed by atoms with Gasteiger partial charge < -0.3 is 4.42 Å². The van der Waals surface area contributed by atoms with Crippen molar-refractivity contribution in [2.24, 2.45) is 0 Å². The smallest absolute Gasteiger partial charge is 0.162 e. The van der Waals surface area contributed by atoms with Gasteiger partial charge >= 0.3 is 0 Å². The Morgan fingerprint density at radius 3 is 2.63 bits per heavy atom. The quantitative estimate of drug-likeness (QED) is 0.443. The van der Waals surface area contributed by atoms with Crippen LogP contribution >= 0.6 is 11.8 Å². The molecule has 0 saturated heterocycles. The maximum atomic E-state index is 12.7. The van der Waals surface area contributed by atoms with Crippen LogP contribution in [0.25, 0.3) is 0 Å². The summed E-state index contributed by atoms with van der Waals surface area (Å²) >= 11 is 1.69. The number of benzene rings is 1. The Balaban J connectivity index is 1.75. The van der Waals surface area contributed by atoms with Crippen molar-refractivity contribution in [2.75, 3.05) is 5.75 Å². The monoisotopic (exact) mass is 278 g/mol. The van der Waals surface area contributed by atoms with E-state index in [1.807, 2.05) is 13.0 Å². The molecule has 0 unspecified atom stereocenters. The molecule has 2 nitrogen and oxygen atoms in total. The van der Waals surface area contributed by atoms with E-state index in [1.165, 1.54) is 24.3 Å². The number of Topliss-reactive ketones (excluding diaryl/α,β-unsaturated/α-hetero) is 1. The van der Waals surface area contributed by atoms with Crippen molar-refractivity contribution in [2.45, 2.75) is 24.7 Å². The van der Waals surface area contributed by atoms with E-state index >= 15 is 0 Å². The van der Waals surface area contributed by atoms with Crippen LogP contribution in [0.15, 0.2) is 45.9 Å². The standard InChI is InChI=1S/C15H15FO2S/c1-11-15(8-9-18-11)19-10-2-3-14(17)12-4-6-13(16)7-5-12/h4-9H,2-3,10H2,1H3. The number of thioether (sulfide) groups is 1. The molecule has 1 aromatic carbocycles. The zero-order chi connectivity index (χ0) is 13.7. The third kappa shape index (κ3) is 3.96. The first-order chi connectivity index (χ1) is 9.16. The number of furan rings is 1. The number of rotatable bonds is 6. The summed E-state index contributed by atoms with van der Waals surface area (Å²) in [5, 5.41) is 0. The topological polar surface area (TPSA) is 30.2 Å². The first-order valence-electron chi connectivity index (χ1n) is 6.12. The van der Waals surface area contributed by atoms with Crippen molar-refractivity contribution < 1.29 is 13.6 Å². The van der Waals surface area contributed by atoms with Crippen molar-refractivity contribution in [1.29, 1.82) is 0 Å². The molecule has 2 aromatic rings. The first-order valence-corrected chi connectivity index (χ1v) is 7.11. The molecule has 2 rings (SSSR count). The van der Waals surface area contributed by atoms with Crippen LogP contribution in [-0.4, -0.2) is 11.5 Å². The maximum Gasteiger partial charge on any atom is 0.162 e. The third-order valence-electron chi connectivity index (χ3n) is 2.78. The minimum Gasteiger partial charge on any atom is -0.468 e. The van der Waals surface area contributed by atoms with Crippen LogP contribution in [-0.2, 0) is 0 Å². The number of halogens is 1. The average molecular weight is 278 g/mol. The molecule has 0 bridgehead atoms. The minimum absolute atomic E-state index is 0.0597. The van der Waals surface area contributed by atoms with E-state index in [2.05, 4.69) is 0 Å². The number of ketones is 1. The van der Waals surface area contributed by atoms with Gasteiger partial charge in [-0.1, -0.05) is 0 Å². The zero-order valence-corrected chi connectivity index (χ0v) is 11.5. The molecule has 0 radical (unpaired) electrons. The average Bonchev–Trinajstić information content (AvgIpc) is 2.81. The van der Waals surface area contributed by atoms with Gasteiger partial charge in [-0.15, -0.1) is 11.8 Å². The van der Waals surface area contributed by atoms with E-state index in [0.29, 0.717) is 12.0 Å². The fourth-order valence-electron chi connectivity index (χ4n) is 1.72. The molecule has 0 aliphatic rings. The molecule has 100 valence electrons. The molecule has 0 aliphatic carbocycles. The maximum absolute atomic E-state index is 12.7. The van der Waals surface area contributed by atoms with Crippen LogP contribution < -0.4 is 0 Å². The molecule has 0 spiro atoms. The first kappa shape index (κ1) is 13.9. The van der Waals surface area contributed by atoms with Crippen molar-refractivity contribution in [3.63, 3.8) is 0 Å². The van der Waals surface area contributed by atoms with E-state index in [9.17, 15) is 9.18 Å². The van der Waals surface area contributed by atoms with Gasteiger partial charge in [-0.2, -0.15) is 0 Å². The van der Waals surface area contributed by atoms with E-state index in [4.69, 9.17) is 4.42 Å². The number of hydrogen-bond acceptors (Lipinski definition) is 3. The second kappa shape index (κ2) is 6.57. The zero-order valence-electron chi connectivity index (χ0n) is 10.7. The summed E-state index contributed by atoms with van der Waals surface area (Å²) in [4.78, 5) is 13.0. The highest BCUT2D eigenvalue weighted by Crippen LogP contribution is 2.24. The fourth-order valence-corrected chi connectivity index (χ4v) is 2.63. The van der Waals surface area contributed by atoms with Gasteiger partial charge in [0.25, 0.3) is 0 Å². The Morgan fingerprint density at radius 1 is 1.26 bits per heavy atom. The summed E-state index contributed by atoms with van der Waals surface area (Å²) in [6.45, 7) is 1.92. The van der Waals surface area contributed by atoms with Crippen LogP contribution in [0.1, 0.15) is 29.0 Å². The van der Waals surface area contributed by atoms with E-state index in [0.717, 1.165) is 22.8 Å². The van der Waals surface area contributed by atoms with Crippen molar-refractivity contribution in [3.8, 4) is 0 Å². The molecule has 0 fully saturated rings. The Kier molecular flexibility index (Phi) is 4.80.